The number of carbonyl (C=O) groups excluding carboxylic acids is 1. The monoisotopic (exact) mass is 339 g/mol. The summed E-state index contributed by atoms with van der Waals surface area (Å²) in [5.41, 5.74) is 1.70. The number of aromatic nitrogens is 1. The fourth-order valence-corrected chi connectivity index (χ4v) is 2.55. The minimum absolute atomic E-state index is 0.0469. The molecule has 0 unspecified atom stereocenters. The Bertz CT molecular complexity index is 782. The molecule has 0 saturated heterocycles. The number of ether oxygens (including phenoxy) is 3. The lowest BCUT2D eigenvalue weighted by molar-refractivity contribution is -0.113. The highest BCUT2D eigenvalue weighted by Gasteiger charge is 2.21. The van der Waals surface area contributed by atoms with E-state index in [2.05, 4.69) is 11.6 Å². The first-order valence-corrected chi connectivity index (χ1v) is 7.71. The summed E-state index contributed by atoms with van der Waals surface area (Å²) < 4.78 is 16.0. The lowest BCUT2D eigenvalue weighted by atomic mass is 9.97. The maximum absolute atomic E-state index is 13.0. The predicted molar refractivity (Wildman–Crippen MR) is 96.6 cm³/mol. The van der Waals surface area contributed by atoms with Crippen molar-refractivity contribution in [3.63, 3.8) is 0 Å². The van der Waals surface area contributed by atoms with Crippen LogP contribution in [0.25, 0.3) is 5.57 Å². The standard InChI is InChI=1S/C20H21NO4/c1-5-17(23-2)19(14-9-7-6-8-10-14)16(22)13-15-20(25-4)18(24-3)11-12-21-15/h5-12H,1,13H2,2-4H3/b19-17-. The highest BCUT2D eigenvalue weighted by atomic mass is 16.5. The summed E-state index contributed by atoms with van der Waals surface area (Å²) >= 11 is 0. The second-order valence-electron chi connectivity index (χ2n) is 5.11. The van der Waals surface area contributed by atoms with Gasteiger partial charge in [-0.05, 0) is 11.6 Å². The Morgan fingerprint density at radius 3 is 2.40 bits per heavy atom. The van der Waals surface area contributed by atoms with E-state index in [4.69, 9.17) is 14.2 Å². The van der Waals surface area contributed by atoms with Crippen LogP contribution in [0.15, 0.2) is 61.0 Å². The normalized spacial score (nSPS) is 11.3. The fraction of sp³-hybridized carbons (Fsp3) is 0.200. The van der Waals surface area contributed by atoms with Crippen LogP contribution in [-0.2, 0) is 16.0 Å². The molecule has 25 heavy (non-hydrogen) atoms. The van der Waals surface area contributed by atoms with E-state index >= 15 is 0 Å². The summed E-state index contributed by atoms with van der Waals surface area (Å²) in [6.07, 6.45) is 3.16. The molecule has 0 aliphatic heterocycles. The first kappa shape index (κ1) is 18.3. The van der Waals surface area contributed by atoms with Crippen molar-refractivity contribution in [3.05, 3.63) is 72.3 Å². The van der Waals surface area contributed by atoms with E-state index in [1.807, 2.05) is 30.3 Å². The fourth-order valence-electron chi connectivity index (χ4n) is 2.55. The van der Waals surface area contributed by atoms with Crippen LogP contribution >= 0.6 is 0 Å². The average Bonchev–Trinajstić information content (AvgIpc) is 2.66. The van der Waals surface area contributed by atoms with Gasteiger partial charge in [0.15, 0.2) is 17.3 Å². The molecule has 1 heterocycles. The Morgan fingerprint density at radius 2 is 1.84 bits per heavy atom. The first-order valence-electron chi connectivity index (χ1n) is 7.71. The first-order chi connectivity index (χ1) is 12.2. The molecule has 5 nitrogen and oxygen atoms in total. The Kier molecular flexibility index (Phi) is 6.34. The summed E-state index contributed by atoms with van der Waals surface area (Å²) in [7, 11) is 4.57. The molecule has 0 spiro atoms. The van der Waals surface area contributed by atoms with Gasteiger partial charge in [-0.3, -0.25) is 9.78 Å². The molecule has 0 amide bonds. The molecule has 0 saturated carbocycles. The number of benzene rings is 1. The van der Waals surface area contributed by atoms with Crippen molar-refractivity contribution in [3.8, 4) is 11.5 Å². The number of pyridine rings is 1. The van der Waals surface area contributed by atoms with E-state index in [0.717, 1.165) is 5.56 Å². The summed E-state index contributed by atoms with van der Waals surface area (Å²) in [5, 5.41) is 0. The van der Waals surface area contributed by atoms with Crippen molar-refractivity contribution in [2.45, 2.75) is 6.42 Å². The van der Waals surface area contributed by atoms with E-state index in [1.54, 1.807) is 19.4 Å². The molecule has 2 rings (SSSR count). The number of rotatable bonds is 8. The van der Waals surface area contributed by atoms with Crippen LogP contribution in [0.3, 0.4) is 0 Å². The van der Waals surface area contributed by atoms with Gasteiger partial charge in [0.05, 0.1) is 39.0 Å². The van der Waals surface area contributed by atoms with Crippen LogP contribution in [0.2, 0.25) is 0 Å². The van der Waals surface area contributed by atoms with Gasteiger partial charge in [-0.2, -0.15) is 0 Å². The molecular formula is C20H21NO4. The van der Waals surface area contributed by atoms with Gasteiger partial charge < -0.3 is 14.2 Å². The number of ketones is 1. The lowest BCUT2D eigenvalue weighted by Gasteiger charge is -2.14. The van der Waals surface area contributed by atoms with E-state index in [0.29, 0.717) is 28.5 Å². The largest absolute Gasteiger partial charge is 0.496 e. The molecule has 0 N–H and O–H groups in total. The average molecular weight is 339 g/mol. The second kappa shape index (κ2) is 8.68. The molecule has 0 aliphatic carbocycles. The number of nitrogens with zero attached hydrogens (tertiary/aromatic N) is 1. The maximum Gasteiger partial charge on any atom is 0.182 e. The van der Waals surface area contributed by atoms with Crippen LogP contribution in [0.1, 0.15) is 11.3 Å². The Hall–Kier alpha value is -3.08. The molecule has 5 heteroatoms. The molecule has 0 aliphatic rings. The van der Waals surface area contributed by atoms with Crippen molar-refractivity contribution >= 4 is 11.4 Å². The number of Topliss-reactive ketones (excluding diaryl/α,β-unsaturated/α-hetero) is 1. The van der Waals surface area contributed by atoms with Gasteiger partial charge in [0.1, 0.15) is 5.76 Å². The van der Waals surface area contributed by atoms with Crippen LogP contribution in [0.5, 0.6) is 11.5 Å². The third-order valence-electron chi connectivity index (χ3n) is 3.69. The number of carbonyl (C=O) groups is 1. The van der Waals surface area contributed by atoms with E-state index in [-0.39, 0.29) is 12.2 Å². The van der Waals surface area contributed by atoms with Crippen LogP contribution in [-0.4, -0.2) is 32.1 Å². The zero-order valence-corrected chi connectivity index (χ0v) is 14.6. The zero-order valence-electron chi connectivity index (χ0n) is 14.6. The minimum Gasteiger partial charge on any atom is -0.496 e. The number of methoxy groups -OCH3 is 3. The molecule has 130 valence electrons. The quantitative estimate of drug-likeness (QED) is 0.419. The molecule has 1 aromatic heterocycles. The van der Waals surface area contributed by atoms with Crippen molar-refractivity contribution < 1.29 is 19.0 Å². The number of hydrogen-bond donors (Lipinski definition) is 0. The van der Waals surface area contributed by atoms with E-state index in [9.17, 15) is 4.79 Å². The summed E-state index contributed by atoms with van der Waals surface area (Å²) in [4.78, 5) is 17.3. The lowest BCUT2D eigenvalue weighted by Crippen LogP contribution is -2.11. The molecule has 2 aromatic rings. The van der Waals surface area contributed by atoms with Crippen LogP contribution in [0, 0.1) is 0 Å². The molecular weight excluding hydrogens is 318 g/mol. The van der Waals surface area contributed by atoms with Gasteiger partial charge in [0.25, 0.3) is 0 Å². The maximum atomic E-state index is 13.0. The topological polar surface area (TPSA) is 57.7 Å². The third-order valence-corrected chi connectivity index (χ3v) is 3.69. The Labute approximate surface area is 147 Å². The van der Waals surface area contributed by atoms with Gasteiger partial charge in [-0.1, -0.05) is 36.9 Å². The van der Waals surface area contributed by atoms with Crippen molar-refractivity contribution in [1.82, 2.24) is 4.98 Å². The molecule has 0 radical (unpaired) electrons. The Balaban J connectivity index is 2.46. The van der Waals surface area contributed by atoms with Gasteiger partial charge >= 0.3 is 0 Å². The number of hydrogen-bond acceptors (Lipinski definition) is 5. The highest BCUT2D eigenvalue weighted by molar-refractivity contribution is 6.22. The molecule has 0 bridgehead atoms. The Morgan fingerprint density at radius 1 is 1.12 bits per heavy atom. The molecule has 0 atom stereocenters. The van der Waals surface area contributed by atoms with Crippen molar-refractivity contribution in [2.75, 3.05) is 21.3 Å². The SMILES string of the molecule is C=C/C(OC)=C(/C(=O)Cc1nccc(OC)c1OC)c1ccccc1. The van der Waals surface area contributed by atoms with E-state index in [1.165, 1.54) is 20.3 Å². The van der Waals surface area contributed by atoms with Crippen LogP contribution < -0.4 is 9.47 Å². The van der Waals surface area contributed by atoms with Gasteiger partial charge in [-0.15, -0.1) is 0 Å². The second-order valence-corrected chi connectivity index (χ2v) is 5.11. The summed E-state index contributed by atoms with van der Waals surface area (Å²) in [6, 6.07) is 11.0. The van der Waals surface area contributed by atoms with E-state index < -0.39 is 0 Å². The third kappa shape index (κ3) is 4.07. The number of allylic oxidation sites excluding steroid dienone is 2. The van der Waals surface area contributed by atoms with Crippen LogP contribution in [0.4, 0.5) is 0 Å². The molecule has 0 fully saturated rings. The van der Waals surface area contributed by atoms with Gasteiger partial charge in [-0.25, -0.2) is 0 Å². The van der Waals surface area contributed by atoms with Crippen molar-refractivity contribution in [2.24, 2.45) is 0 Å². The summed E-state index contributed by atoms with van der Waals surface area (Å²) in [6.45, 7) is 3.73. The minimum atomic E-state index is -0.151. The zero-order chi connectivity index (χ0) is 18.2. The van der Waals surface area contributed by atoms with Gasteiger partial charge in [0.2, 0.25) is 0 Å². The van der Waals surface area contributed by atoms with Gasteiger partial charge in [0, 0.05) is 12.3 Å². The smallest absolute Gasteiger partial charge is 0.182 e. The molecule has 1 aromatic carbocycles. The summed E-state index contributed by atoms with van der Waals surface area (Å²) in [5.74, 6) is 1.24. The predicted octanol–water partition coefficient (Wildman–Crippen LogP) is 3.45. The van der Waals surface area contributed by atoms with Crippen molar-refractivity contribution in [1.29, 1.82) is 0 Å². The highest BCUT2D eigenvalue weighted by Crippen LogP contribution is 2.31.